The summed E-state index contributed by atoms with van der Waals surface area (Å²) in [6, 6.07) is 17.7. The van der Waals surface area contributed by atoms with Crippen molar-refractivity contribution < 1.29 is 10.2 Å². The van der Waals surface area contributed by atoms with E-state index in [1.165, 1.54) is 0 Å². The van der Waals surface area contributed by atoms with Gasteiger partial charge in [0.05, 0.1) is 6.10 Å². The molecule has 3 aromatic carbocycles. The van der Waals surface area contributed by atoms with E-state index in [1.807, 2.05) is 54.6 Å². The number of aliphatic hydroxyl groups is 2. The van der Waals surface area contributed by atoms with Gasteiger partial charge >= 0.3 is 0 Å². The van der Waals surface area contributed by atoms with Crippen molar-refractivity contribution >= 4 is 21.5 Å². The molecule has 2 atom stereocenters. The smallest absolute Gasteiger partial charge is 0.105 e. The Morgan fingerprint density at radius 3 is 2.35 bits per heavy atom. The van der Waals surface area contributed by atoms with Crippen LogP contribution in [0.3, 0.4) is 0 Å². The van der Waals surface area contributed by atoms with Gasteiger partial charge in [-0.25, -0.2) is 0 Å². The van der Waals surface area contributed by atoms with Gasteiger partial charge in [0.15, 0.2) is 0 Å². The topological polar surface area (TPSA) is 89.2 Å². The third-order valence-corrected chi connectivity index (χ3v) is 4.07. The van der Waals surface area contributed by atoms with Crippen LogP contribution in [-0.4, -0.2) is 22.9 Å². The number of fused-ring (bicyclic) bond motifs is 3. The number of hydrogen-bond acceptors (Lipinski definition) is 3. The van der Waals surface area contributed by atoms with Crippen molar-refractivity contribution in [3.05, 3.63) is 70.6 Å². The van der Waals surface area contributed by atoms with Crippen molar-refractivity contribution in [1.29, 1.82) is 0 Å². The molecular formula is C18H17N3O2. The molecule has 0 saturated heterocycles. The van der Waals surface area contributed by atoms with Gasteiger partial charge in [0.2, 0.25) is 0 Å². The SMILES string of the molecule is [N-]=[N+]=NCCC(O)C(O)c1cc2ccccc2c2ccccc12. The van der Waals surface area contributed by atoms with Crippen LogP contribution in [0.1, 0.15) is 18.1 Å². The summed E-state index contributed by atoms with van der Waals surface area (Å²) in [5.41, 5.74) is 9.00. The summed E-state index contributed by atoms with van der Waals surface area (Å²) in [6.07, 6.45) is -1.80. The minimum Gasteiger partial charge on any atom is -0.390 e. The lowest BCUT2D eigenvalue weighted by Gasteiger charge is -2.20. The zero-order valence-electron chi connectivity index (χ0n) is 12.5. The van der Waals surface area contributed by atoms with Gasteiger partial charge in [-0.2, -0.15) is 0 Å². The summed E-state index contributed by atoms with van der Waals surface area (Å²) >= 11 is 0. The first-order valence-electron chi connectivity index (χ1n) is 7.49. The van der Waals surface area contributed by atoms with E-state index in [0.29, 0.717) is 5.56 Å². The normalized spacial score (nSPS) is 13.7. The minimum absolute atomic E-state index is 0.153. The Bertz CT molecular complexity index is 888. The van der Waals surface area contributed by atoms with Crippen molar-refractivity contribution in [3.8, 4) is 0 Å². The first kappa shape index (κ1) is 15.3. The summed E-state index contributed by atoms with van der Waals surface area (Å²) in [5.74, 6) is 0. The van der Waals surface area contributed by atoms with E-state index in [9.17, 15) is 10.2 Å². The second-order valence-electron chi connectivity index (χ2n) is 5.49. The minimum atomic E-state index is -1.03. The molecular weight excluding hydrogens is 290 g/mol. The van der Waals surface area contributed by atoms with Crippen LogP contribution in [0, 0.1) is 0 Å². The van der Waals surface area contributed by atoms with E-state index in [2.05, 4.69) is 10.0 Å². The van der Waals surface area contributed by atoms with Gasteiger partial charge in [-0.3, -0.25) is 0 Å². The number of azide groups is 1. The van der Waals surface area contributed by atoms with Crippen molar-refractivity contribution in [1.82, 2.24) is 0 Å². The summed E-state index contributed by atoms with van der Waals surface area (Å²) in [5, 5.41) is 28.3. The summed E-state index contributed by atoms with van der Waals surface area (Å²) in [4.78, 5) is 2.66. The van der Waals surface area contributed by atoms with Crippen molar-refractivity contribution in [2.75, 3.05) is 6.54 Å². The lowest BCUT2D eigenvalue weighted by atomic mass is 9.92. The molecule has 23 heavy (non-hydrogen) atoms. The second kappa shape index (κ2) is 6.67. The Hall–Kier alpha value is -2.59. The Balaban J connectivity index is 2.09. The Morgan fingerprint density at radius 2 is 1.61 bits per heavy atom. The van der Waals surface area contributed by atoms with Crippen LogP contribution in [0.2, 0.25) is 0 Å². The van der Waals surface area contributed by atoms with Gasteiger partial charge in [0, 0.05) is 11.5 Å². The first-order chi connectivity index (χ1) is 11.2. The monoisotopic (exact) mass is 307 g/mol. The molecule has 116 valence electrons. The van der Waals surface area contributed by atoms with E-state index < -0.39 is 12.2 Å². The number of rotatable bonds is 5. The highest BCUT2D eigenvalue weighted by atomic mass is 16.3. The van der Waals surface area contributed by atoms with Gasteiger partial charge in [-0.1, -0.05) is 53.6 Å². The molecule has 0 aliphatic carbocycles. The standard InChI is InChI=1S/C18H17N3O2/c19-21-20-10-9-17(22)18(23)16-11-12-5-1-2-6-13(12)14-7-3-4-8-15(14)16/h1-8,11,17-18,22-23H,9-10H2. The van der Waals surface area contributed by atoms with Gasteiger partial charge in [0.25, 0.3) is 0 Å². The number of benzene rings is 3. The molecule has 0 spiro atoms. The summed E-state index contributed by atoms with van der Waals surface area (Å²) in [7, 11) is 0. The second-order valence-corrected chi connectivity index (χ2v) is 5.49. The lowest BCUT2D eigenvalue weighted by Crippen LogP contribution is -2.19. The third-order valence-electron chi connectivity index (χ3n) is 4.07. The van der Waals surface area contributed by atoms with Crippen LogP contribution in [0.15, 0.2) is 59.7 Å². The van der Waals surface area contributed by atoms with Crippen LogP contribution in [-0.2, 0) is 0 Å². The molecule has 0 bridgehead atoms. The molecule has 2 unspecified atom stereocenters. The number of hydrogen-bond donors (Lipinski definition) is 2. The lowest BCUT2D eigenvalue weighted by molar-refractivity contribution is 0.0159. The average molecular weight is 307 g/mol. The largest absolute Gasteiger partial charge is 0.390 e. The zero-order valence-corrected chi connectivity index (χ0v) is 12.5. The van der Waals surface area contributed by atoms with Crippen LogP contribution in [0.5, 0.6) is 0 Å². The summed E-state index contributed by atoms with van der Waals surface area (Å²) < 4.78 is 0. The molecule has 3 aromatic rings. The van der Waals surface area contributed by atoms with Crippen molar-refractivity contribution in [2.24, 2.45) is 5.11 Å². The summed E-state index contributed by atoms with van der Waals surface area (Å²) in [6.45, 7) is 0.153. The average Bonchev–Trinajstić information content (AvgIpc) is 2.60. The van der Waals surface area contributed by atoms with Crippen LogP contribution >= 0.6 is 0 Å². The molecule has 0 heterocycles. The molecule has 0 amide bonds. The fourth-order valence-electron chi connectivity index (χ4n) is 2.93. The van der Waals surface area contributed by atoms with Crippen LogP contribution < -0.4 is 0 Å². The molecule has 5 nitrogen and oxygen atoms in total. The molecule has 3 rings (SSSR count). The molecule has 2 N–H and O–H groups in total. The predicted molar refractivity (Wildman–Crippen MR) is 91.1 cm³/mol. The maximum atomic E-state index is 10.6. The molecule has 0 radical (unpaired) electrons. The molecule has 0 aliphatic heterocycles. The Kier molecular flexibility index (Phi) is 4.44. The zero-order chi connectivity index (χ0) is 16.2. The van der Waals surface area contributed by atoms with Gasteiger partial charge < -0.3 is 10.2 Å². The van der Waals surface area contributed by atoms with Crippen molar-refractivity contribution in [2.45, 2.75) is 18.6 Å². The first-order valence-corrected chi connectivity index (χ1v) is 7.49. The quantitative estimate of drug-likeness (QED) is 0.322. The number of nitrogens with zero attached hydrogens (tertiary/aromatic N) is 3. The van der Waals surface area contributed by atoms with E-state index in [-0.39, 0.29) is 13.0 Å². The highest BCUT2D eigenvalue weighted by Crippen LogP contribution is 2.33. The van der Waals surface area contributed by atoms with E-state index >= 15 is 0 Å². The predicted octanol–water partition coefficient (Wildman–Crippen LogP) is 4.09. The van der Waals surface area contributed by atoms with Crippen molar-refractivity contribution in [3.63, 3.8) is 0 Å². The highest BCUT2D eigenvalue weighted by molar-refractivity contribution is 6.09. The maximum Gasteiger partial charge on any atom is 0.105 e. The third kappa shape index (κ3) is 2.98. The van der Waals surface area contributed by atoms with E-state index in [4.69, 9.17) is 5.53 Å². The Labute approximate surface area is 133 Å². The number of aliphatic hydroxyl groups excluding tert-OH is 2. The molecule has 0 aromatic heterocycles. The van der Waals surface area contributed by atoms with E-state index in [1.54, 1.807) is 0 Å². The molecule has 5 heteroatoms. The molecule has 0 saturated carbocycles. The highest BCUT2D eigenvalue weighted by Gasteiger charge is 2.20. The molecule has 0 fully saturated rings. The molecule has 0 aliphatic rings. The van der Waals surface area contributed by atoms with Gasteiger partial charge in [0.1, 0.15) is 6.10 Å². The van der Waals surface area contributed by atoms with Gasteiger partial charge in [-0.05, 0) is 45.1 Å². The van der Waals surface area contributed by atoms with Gasteiger partial charge in [-0.15, -0.1) is 0 Å². The fraction of sp³-hybridized carbons (Fsp3) is 0.222. The van der Waals surface area contributed by atoms with E-state index in [0.717, 1.165) is 21.5 Å². The Morgan fingerprint density at radius 1 is 0.957 bits per heavy atom. The maximum absolute atomic E-state index is 10.6. The van der Waals surface area contributed by atoms with Crippen LogP contribution in [0.4, 0.5) is 0 Å². The van der Waals surface area contributed by atoms with Crippen LogP contribution in [0.25, 0.3) is 32.0 Å². The fourth-order valence-corrected chi connectivity index (χ4v) is 2.93.